The quantitative estimate of drug-likeness (QED) is 0.833. The van der Waals surface area contributed by atoms with Crippen molar-refractivity contribution in [2.24, 2.45) is 0 Å². The van der Waals surface area contributed by atoms with Crippen LogP contribution in [0.3, 0.4) is 0 Å². The minimum Gasteiger partial charge on any atom is -0.396 e. The standard InChI is InChI=1S/C14H19F2NO2/c1-3-14(2,6-7-18)17-13(19)9-10-4-5-11(15)12(16)8-10/h4-5,8,18H,3,6-7,9H2,1-2H3,(H,17,19). The lowest BCUT2D eigenvalue weighted by molar-refractivity contribution is -0.122. The van der Waals surface area contributed by atoms with Crippen LogP contribution in [-0.4, -0.2) is 23.2 Å². The monoisotopic (exact) mass is 271 g/mol. The Hall–Kier alpha value is -1.49. The van der Waals surface area contributed by atoms with Crippen LogP contribution in [0.1, 0.15) is 32.3 Å². The summed E-state index contributed by atoms with van der Waals surface area (Å²) in [6.07, 6.45) is 1.11. The molecule has 0 spiro atoms. The van der Waals surface area contributed by atoms with Gasteiger partial charge in [0.25, 0.3) is 0 Å². The van der Waals surface area contributed by atoms with Crippen molar-refractivity contribution in [3.05, 3.63) is 35.4 Å². The Balaban J connectivity index is 2.66. The van der Waals surface area contributed by atoms with Crippen molar-refractivity contribution < 1.29 is 18.7 Å². The second-order valence-corrected chi connectivity index (χ2v) is 4.86. The molecule has 0 heterocycles. The Morgan fingerprint density at radius 2 is 2.05 bits per heavy atom. The fourth-order valence-electron chi connectivity index (χ4n) is 1.79. The summed E-state index contributed by atoms with van der Waals surface area (Å²) in [5.41, 5.74) is -0.0661. The number of aliphatic hydroxyl groups is 1. The lowest BCUT2D eigenvalue weighted by atomic mass is 9.94. The first-order valence-electron chi connectivity index (χ1n) is 6.26. The van der Waals surface area contributed by atoms with Gasteiger partial charge < -0.3 is 10.4 Å². The Kier molecular flexibility index (Phi) is 5.42. The summed E-state index contributed by atoms with van der Waals surface area (Å²) in [6.45, 7) is 3.73. The number of benzene rings is 1. The van der Waals surface area contributed by atoms with Crippen molar-refractivity contribution in [2.45, 2.75) is 38.6 Å². The normalized spacial score (nSPS) is 13.9. The zero-order valence-electron chi connectivity index (χ0n) is 11.2. The maximum atomic E-state index is 13.0. The molecule has 1 atom stereocenters. The highest BCUT2D eigenvalue weighted by molar-refractivity contribution is 5.79. The summed E-state index contributed by atoms with van der Waals surface area (Å²) in [7, 11) is 0. The first kappa shape index (κ1) is 15.6. The van der Waals surface area contributed by atoms with E-state index in [0.29, 0.717) is 18.4 Å². The Labute approximate surface area is 111 Å². The summed E-state index contributed by atoms with van der Waals surface area (Å²) < 4.78 is 25.8. The molecule has 1 unspecified atom stereocenters. The van der Waals surface area contributed by atoms with Crippen molar-refractivity contribution in [2.75, 3.05) is 6.61 Å². The van der Waals surface area contributed by atoms with Gasteiger partial charge in [-0.15, -0.1) is 0 Å². The third-order valence-electron chi connectivity index (χ3n) is 3.23. The van der Waals surface area contributed by atoms with Crippen molar-refractivity contribution in [1.29, 1.82) is 0 Å². The maximum Gasteiger partial charge on any atom is 0.224 e. The highest BCUT2D eigenvalue weighted by atomic mass is 19.2. The highest BCUT2D eigenvalue weighted by Crippen LogP contribution is 2.15. The van der Waals surface area contributed by atoms with Gasteiger partial charge in [-0.3, -0.25) is 4.79 Å². The lowest BCUT2D eigenvalue weighted by Crippen LogP contribution is -2.46. The smallest absolute Gasteiger partial charge is 0.224 e. The van der Waals surface area contributed by atoms with Crippen molar-refractivity contribution in [3.63, 3.8) is 0 Å². The van der Waals surface area contributed by atoms with E-state index in [0.717, 1.165) is 12.1 Å². The van der Waals surface area contributed by atoms with Crippen LogP contribution in [0.25, 0.3) is 0 Å². The molecule has 5 heteroatoms. The molecule has 19 heavy (non-hydrogen) atoms. The number of amides is 1. The molecule has 0 aliphatic carbocycles. The molecule has 0 aliphatic rings. The molecule has 1 amide bonds. The molecule has 1 aromatic carbocycles. The molecule has 0 saturated carbocycles. The minimum atomic E-state index is -0.959. The third-order valence-corrected chi connectivity index (χ3v) is 3.23. The molecule has 0 aliphatic heterocycles. The van der Waals surface area contributed by atoms with E-state index in [1.807, 2.05) is 13.8 Å². The van der Waals surface area contributed by atoms with Gasteiger partial charge in [-0.2, -0.15) is 0 Å². The predicted molar refractivity (Wildman–Crippen MR) is 68.6 cm³/mol. The van der Waals surface area contributed by atoms with Crippen LogP contribution in [0.4, 0.5) is 8.78 Å². The molecule has 2 N–H and O–H groups in total. The van der Waals surface area contributed by atoms with E-state index in [2.05, 4.69) is 5.32 Å². The summed E-state index contributed by atoms with van der Waals surface area (Å²) in [4.78, 5) is 11.8. The molecular formula is C14H19F2NO2. The van der Waals surface area contributed by atoms with Gasteiger partial charge in [-0.25, -0.2) is 8.78 Å². The van der Waals surface area contributed by atoms with Gasteiger partial charge in [0, 0.05) is 12.1 Å². The SMILES string of the molecule is CCC(C)(CCO)NC(=O)Cc1ccc(F)c(F)c1. The van der Waals surface area contributed by atoms with E-state index in [-0.39, 0.29) is 18.9 Å². The fourth-order valence-corrected chi connectivity index (χ4v) is 1.79. The zero-order valence-corrected chi connectivity index (χ0v) is 11.2. The van der Waals surface area contributed by atoms with Gasteiger partial charge in [-0.05, 0) is 37.5 Å². The number of aliphatic hydroxyl groups excluding tert-OH is 1. The molecule has 0 bridgehead atoms. The fraction of sp³-hybridized carbons (Fsp3) is 0.500. The number of carbonyl (C=O) groups excluding carboxylic acids is 1. The average Bonchev–Trinajstić information content (AvgIpc) is 2.34. The van der Waals surface area contributed by atoms with Crippen molar-refractivity contribution in [3.8, 4) is 0 Å². The number of hydrogen-bond acceptors (Lipinski definition) is 2. The predicted octanol–water partition coefficient (Wildman–Crippen LogP) is 2.17. The van der Waals surface area contributed by atoms with Gasteiger partial charge >= 0.3 is 0 Å². The number of carbonyl (C=O) groups is 1. The van der Waals surface area contributed by atoms with Gasteiger partial charge in [0.2, 0.25) is 5.91 Å². The Bertz CT molecular complexity index is 451. The van der Waals surface area contributed by atoms with Crippen LogP contribution in [-0.2, 0) is 11.2 Å². The molecule has 3 nitrogen and oxygen atoms in total. The molecule has 0 fully saturated rings. The molecule has 1 rings (SSSR count). The Morgan fingerprint density at radius 3 is 2.58 bits per heavy atom. The maximum absolute atomic E-state index is 13.0. The largest absolute Gasteiger partial charge is 0.396 e. The van der Waals surface area contributed by atoms with E-state index >= 15 is 0 Å². The van der Waals surface area contributed by atoms with E-state index in [9.17, 15) is 13.6 Å². The van der Waals surface area contributed by atoms with Crippen LogP contribution >= 0.6 is 0 Å². The van der Waals surface area contributed by atoms with E-state index in [1.54, 1.807) is 0 Å². The molecule has 0 saturated heterocycles. The van der Waals surface area contributed by atoms with Gasteiger partial charge in [0.1, 0.15) is 0 Å². The van der Waals surface area contributed by atoms with Crippen molar-refractivity contribution >= 4 is 5.91 Å². The summed E-state index contributed by atoms with van der Waals surface area (Å²) in [5, 5.41) is 11.8. The van der Waals surface area contributed by atoms with Crippen LogP contribution in [0.15, 0.2) is 18.2 Å². The first-order chi connectivity index (χ1) is 8.90. The molecule has 0 radical (unpaired) electrons. The van der Waals surface area contributed by atoms with Gasteiger partial charge in [0.15, 0.2) is 11.6 Å². The summed E-state index contributed by atoms with van der Waals surface area (Å²) in [5.74, 6) is -2.16. The highest BCUT2D eigenvalue weighted by Gasteiger charge is 2.23. The van der Waals surface area contributed by atoms with E-state index in [4.69, 9.17) is 5.11 Å². The number of hydrogen-bond donors (Lipinski definition) is 2. The Morgan fingerprint density at radius 1 is 1.37 bits per heavy atom. The van der Waals surface area contributed by atoms with Crippen LogP contribution in [0.5, 0.6) is 0 Å². The second-order valence-electron chi connectivity index (χ2n) is 4.86. The number of nitrogens with one attached hydrogen (secondary N) is 1. The average molecular weight is 271 g/mol. The molecule has 106 valence electrons. The van der Waals surface area contributed by atoms with E-state index in [1.165, 1.54) is 6.07 Å². The van der Waals surface area contributed by atoms with Crippen LogP contribution < -0.4 is 5.32 Å². The molecule has 1 aromatic rings. The third kappa shape index (κ3) is 4.59. The van der Waals surface area contributed by atoms with Gasteiger partial charge in [0.05, 0.1) is 6.42 Å². The topological polar surface area (TPSA) is 49.3 Å². The van der Waals surface area contributed by atoms with Gasteiger partial charge in [-0.1, -0.05) is 13.0 Å². The van der Waals surface area contributed by atoms with Crippen LogP contribution in [0, 0.1) is 11.6 Å². The number of rotatable bonds is 6. The van der Waals surface area contributed by atoms with Crippen molar-refractivity contribution in [1.82, 2.24) is 5.32 Å². The zero-order chi connectivity index (χ0) is 14.5. The number of halogens is 2. The van der Waals surface area contributed by atoms with Crippen LogP contribution in [0.2, 0.25) is 0 Å². The second kappa shape index (κ2) is 6.61. The first-order valence-corrected chi connectivity index (χ1v) is 6.26. The lowest BCUT2D eigenvalue weighted by Gasteiger charge is -2.29. The summed E-state index contributed by atoms with van der Waals surface area (Å²) in [6, 6.07) is 3.41. The van der Waals surface area contributed by atoms with E-state index < -0.39 is 17.2 Å². The minimum absolute atomic E-state index is 0.0157. The molecule has 0 aromatic heterocycles. The molecular weight excluding hydrogens is 252 g/mol. The summed E-state index contributed by atoms with van der Waals surface area (Å²) >= 11 is 0.